The summed E-state index contributed by atoms with van der Waals surface area (Å²) in [7, 11) is 0. The number of pyridine rings is 1. The molecule has 1 saturated carbocycles. The van der Waals surface area contributed by atoms with Crippen LogP contribution in [0.4, 0.5) is 0 Å². The van der Waals surface area contributed by atoms with E-state index in [1.54, 1.807) is 0 Å². The molecule has 19 heavy (non-hydrogen) atoms. The molecule has 0 amide bonds. The monoisotopic (exact) mass is 262 g/mol. The summed E-state index contributed by atoms with van der Waals surface area (Å²) in [4.78, 5) is 4.03. The number of rotatable bonds is 5. The van der Waals surface area contributed by atoms with Gasteiger partial charge in [-0.25, -0.2) is 0 Å². The van der Waals surface area contributed by atoms with Crippen LogP contribution < -0.4 is 5.73 Å². The van der Waals surface area contributed by atoms with Crippen LogP contribution in [0.25, 0.3) is 0 Å². The van der Waals surface area contributed by atoms with Gasteiger partial charge in [0.25, 0.3) is 0 Å². The Labute approximate surface area is 116 Å². The van der Waals surface area contributed by atoms with Crippen LogP contribution in [0.1, 0.15) is 45.1 Å². The van der Waals surface area contributed by atoms with Gasteiger partial charge in [-0.2, -0.15) is 0 Å². The lowest BCUT2D eigenvalue weighted by Gasteiger charge is -2.42. The Balaban J connectivity index is 1.83. The quantitative estimate of drug-likeness (QED) is 0.887. The minimum absolute atomic E-state index is 0.0808. The zero-order chi connectivity index (χ0) is 13.8. The molecule has 1 aliphatic rings. The van der Waals surface area contributed by atoms with Gasteiger partial charge in [-0.05, 0) is 55.2 Å². The molecule has 1 fully saturated rings. The highest BCUT2D eigenvalue weighted by Gasteiger charge is 2.37. The Hall–Kier alpha value is -0.930. The van der Waals surface area contributed by atoms with E-state index in [-0.39, 0.29) is 5.60 Å². The minimum atomic E-state index is -0.0808. The van der Waals surface area contributed by atoms with E-state index >= 15 is 0 Å². The predicted molar refractivity (Wildman–Crippen MR) is 77.9 cm³/mol. The van der Waals surface area contributed by atoms with Crippen molar-refractivity contribution in [1.82, 2.24) is 4.98 Å². The van der Waals surface area contributed by atoms with E-state index in [0.717, 1.165) is 25.9 Å². The summed E-state index contributed by atoms with van der Waals surface area (Å²) in [6, 6.07) is 4.09. The van der Waals surface area contributed by atoms with E-state index in [1.165, 1.54) is 18.4 Å². The van der Waals surface area contributed by atoms with Gasteiger partial charge in [0.05, 0.1) is 12.2 Å². The highest BCUT2D eigenvalue weighted by molar-refractivity contribution is 5.09. The SMILES string of the molecule is CC1(C)CCC(CN)(OCCc2ccncc2)CC1. The topological polar surface area (TPSA) is 48.1 Å². The smallest absolute Gasteiger partial charge is 0.0804 e. The number of nitrogens with zero attached hydrogens (tertiary/aromatic N) is 1. The maximum atomic E-state index is 6.17. The molecule has 0 atom stereocenters. The highest BCUT2D eigenvalue weighted by atomic mass is 16.5. The van der Waals surface area contributed by atoms with Gasteiger partial charge in [-0.3, -0.25) is 4.98 Å². The molecule has 0 aromatic carbocycles. The Morgan fingerprint density at radius 3 is 2.37 bits per heavy atom. The number of nitrogens with two attached hydrogens (primary N) is 1. The van der Waals surface area contributed by atoms with Gasteiger partial charge in [0.15, 0.2) is 0 Å². The third kappa shape index (κ3) is 4.02. The molecule has 1 aromatic heterocycles. The van der Waals surface area contributed by atoms with Gasteiger partial charge in [-0.15, -0.1) is 0 Å². The maximum absolute atomic E-state index is 6.17. The van der Waals surface area contributed by atoms with Crippen LogP contribution in [-0.4, -0.2) is 23.7 Å². The zero-order valence-electron chi connectivity index (χ0n) is 12.2. The van der Waals surface area contributed by atoms with Crippen LogP contribution in [0, 0.1) is 5.41 Å². The molecule has 2 N–H and O–H groups in total. The summed E-state index contributed by atoms with van der Waals surface area (Å²) >= 11 is 0. The van der Waals surface area contributed by atoms with Crippen LogP contribution in [-0.2, 0) is 11.2 Å². The summed E-state index contributed by atoms with van der Waals surface area (Å²) in [5, 5.41) is 0. The normalized spacial score (nSPS) is 21.2. The van der Waals surface area contributed by atoms with Crippen LogP contribution in [0.15, 0.2) is 24.5 Å². The van der Waals surface area contributed by atoms with Gasteiger partial charge in [0.2, 0.25) is 0 Å². The lowest BCUT2D eigenvalue weighted by Crippen LogP contribution is -2.45. The molecule has 0 saturated heterocycles. The second kappa shape index (κ2) is 6.02. The van der Waals surface area contributed by atoms with Crippen molar-refractivity contribution in [3.63, 3.8) is 0 Å². The first-order valence-corrected chi connectivity index (χ1v) is 7.28. The Bertz CT molecular complexity index is 379. The summed E-state index contributed by atoms with van der Waals surface area (Å²) in [6.45, 7) is 6.07. The first-order chi connectivity index (χ1) is 9.05. The molecule has 0 spiro atoms. The fraction of sp³-hybridized carbons (Fsp3) is 0.688. The number of ether oxygens (including phenoxy) is 1. The average Bonchev–Trinajstić information content (AvgIpc) is 2.42. The summed E-state index contributed by atoms with van der Waals surface area (Å²) in [5.41, 5.74) is 7.62. The molecular weight excluding hydrogens is 236 g/mol. The van der Waals surface area contributed by atoms with Crippen LogP contribution in [0.5, 0.6) is 0 Å². The second-order valence-corrected chi connectivity index (χ2v) is 6.51. The molecule has 0 bridgehead atoms. The van der Waals surface area contributed by atoms with E-state index in [1.807, 2.05) is 24.5 Å². The van der Waals surface area contributed by atoms with Gasteiger partial charge in [0.1, 0.15) is 0 Å². The molecule has 0 radical (unpaired) electrons. The highest BCUT2D eigenvalue weighted by Crippen LogP contribution is 2.41. The first-order valence-electron chi connectivity index (χ1n) is 7.28. The standard InChI is InChI=1S/C16H26N2O/c1-15(2)6-8-16(13-17,9-7-15)19-12-5-14-3-10-18-11-4-14/h3-4,10-11H,5-9,12-13,17H2,1-2H3. The summed E-state index contributed by atoms with van der Waals surface area (Å²) in [6.07, 6.45) is 9.20. The molecule has 1 aromatic rings. The Kier molecular flexibility index (Phi) is 4.58. The van der Waals surface area contributed by atoms with Crippen LogP contribution in [0.3, 0.4) is 0 Å². The molecule has 3 nitrogen and oxygen atoms in total. The molecule has 106 valence electrons. The third-order valence-corrected chi connectivity index (χ3v) is 4.44. The van der Waals surface area contributed by atoms with Crippen molar-refractivity contribution in [2.45, 2.75) is 51.6 Å². The molecule has 2 rings (SSSR count). The van der Waals surface area contributed by atoms with Crippen molar-refractivity contribution in [3.8, 4) is 0 Å². The summed E-state index contributed by atoms with van der Waals surface area (Å²) < 4.78 is 6.17. The first kappa shape index (κ1) is 14.5. The molecular formula is C16H26N2O. The maximum Gasteiger partial charge on any atom is 0.0804 e. The van der Waals surface area contributed by atoms with Crippen molar-refractivity contribution >= 4 is 0 Å². The van der Waals surface area contributed by atoms with Gasteiger partial charge in [-0.1, -0.05) is 13.8 Å². The van der Waals surface area contributed by atoms with Gasteiger partial charge in [0, 0.05) is 18.9 Å². The average molecular weight is 262 g/mol. The zero-order valence-corrected chi connectivity index (χ0v) is 12.2. The van der Waals surface area contributed by atoms with Crippen molar-refractivity contribution in [2.24, 2.45) is 11.1 Å². The lowest BCUT2D eigenvalue weighted by atomic mass is 9.71. The predicted octanol–water partition coefficient (Wildman–Crippen LogP) is 2.94. The molecule has 0 aliphatic heterocycles. The van der Waals surface area contributed by atoms with Crippen molar-refractivity contribution in [2.75, 3.05) is 13.2 Å². The largest absolute Gasteiger partial charge is 0.373 e. The van der Waals surface area contributed by atoms with E-state index < -0.39 is 0 Å². The molecule has 0 unspecified atom stereocenters. The molecule has 1 aliphatic carbocycles. The van der Waals surface area contributed by atoms with Gasteiger partial charge >= 0.3 is 0 Å². The molecule has 1 heterocycles. The minimum Gasteiger partial charge on any atom is -0.373 e. The van der Waals surface area contributed by atoms with Crippen LogP contribution >= 0.6 is 0 Å². The Morgan fingerprint density at radius 2 is 1.79 bits per heavy atom. The van der Waals surface area contributed by atoms with E-state index in [0.29, 0.717) is 12.0 Å². The van der Waals surface area contributed by atoms with Crippen LogP contribution in [0.2, 0.25) is 0 Å². The van der Waals surface area contributed by atoms with E-state index in [2.05, 4.69) is 18.8 Å². The summed E-state index contributed by atoms with van der Waals surface area (Å²) in [5.74, 6) is 0. The molecule has 3 heteroatoms. The van der Waals surface area contributed by atoms with E-state index in [4.69, 9.17) is 10.5 Å². The number of hydrogen-bond acceptors (Lipinski definition) is 3. The number of aromatic nitrogens is 1. The van der Waals surface area contributed by atoms with E-state index in [9.17, 15) is 0 Å². The fourth-order valence-electron chi connectivity index (χ4n) is 2.72. The second-order valence-electron chi connectivity index (χ2n) is 6.51. The Morgan fingerprint density at radius 1 is 1.16 bits per heavy atom. The van der Waals surface area contributed by atoms with Crippen molar-refractivity contribution in [3.05, 3.63) is 30.1 Å². The third-order valence-electron chi connectivity index (χ3n) is 4.44. The fourth-order valence-corrected chi connectivity index (χ4v) is 2.72. The van der Waals surface area contributed by atoms with Crippen molar-refractivity contribution < 1.29 is 4.74 Å². The lowest BCUT2D eigenvalue weighted by molar-refractivity contribution is -0.0800. The number of hydrogen-bond donors (Lipinski definition) is 1. The van der Waals surface area contributed by atoms with Crippen molar-refractivity contribution in [1.29, 1.82) is 0 Å². The van der Waals surface area contributed by atoms with Gasteiger partial charge < -0.3 is 10.5 Å².